The van der Waals surface area contributed by atoms with E-state index in [9.17, 15) is 9.59 Å². The number of ether oxygens (including phenoxy) is 1. The van der Waals surface area contributed by atoms with Crippen LogP contribution in [0.2, 0.25) is 0 Å². The van der Waals surface area contributed by atoms with Crippen LogP contribution in [0.1, 0.15) is 23.0 Å². The van der Waals surface area contributed by atoms with Crippen LogP contribution in [-0.2, 0) is 4.79 Å². The van der Waals surface area contributed by atoms with Crippen LogP contribution < -0.4 is 15.5 Å². The van der Waals surface area contributed by atoms with E-state index in [0.29, 0.717) is 27.6 Å². The van der Waals surface area contributed by atoms with Gasteiger partial charge in [-0.2, -0.15) is 5.10 Å². The molecule has 2 heterocycles. The van der Waals surface area contributed by atoms with Crippen LogP contribution in [0.15, 0.2) is 63.4 Å². The summed E-state index contributed by atoms with van der Waals surface area (Å²) in [4.78, 5) is 25.0. The van der Waals surface area contributed by atoms with Crippen molar-refractivity contribution >= 4 is 56.5 Å². The zero-order chi connectivity index (χ0) is 21.1. The van der Waals surface area contributed by atoms with Crippen molar-refractivity contribution in [3.63, 3.8) is 0 Å². The number of anilines is 1. The van der Waals surface area contributed by atoms with Crippen molar-refractivity contribution in [1.29, 1.82) is 0 Å². The summed E-state index contributed by atoms with van der Waals surface area (Å²) in [5.41, 5.74) is 4.85. The van der Waals surface area contributed by atoms with Crippen molar-refractivity contribution in [3.8, 4) is 5.75 Å². The summed E-state index contributed by atoms with van der Waals surface area (Å²) in [6, 6.07) is 14.8. The van der Waals surface area contributed by atoms with E-state index in [4.69, 9.17) is 9.15 Å². The van der Waals surface area contributed by atoms with Gasteiger partial charge in [-0.15, -0.1) is 11.3 Å². The molecule has 2 aromatic carbocycles. The van der Waals surface area contributed by atoms with Crippen molar-refractivity contribution < 1.29 is 18.7 Å². The second kappa shape index (κ2) is 8.38. The molecular weight excluding hydrogens is 402 g/mol. The lowest BCUT2D eigenvalue weighted by atomic mass is 10.1. The summed E-state index contributed by atoms with van der Waals surface area (Å²) in [7, 11) is 1.55. The molecule has 0 aliphatic rings. The maximum absolute atomic E-state index is 12.5. The quantitative estimate of drug-likeness (QED) is 0.346. The van der Waals surface area contributed by atoms with Crippen molar-refractivity contribution in [1.82, 2.24) is 5.43 Å². The molecule has 2 N–H and O–H groups in total. The number of rotatable bonds is 6. The molecule has 0 atom stereocenters. The Morgan fingerprint density at radius 3 is 2.70 bits per heavy atom. The van der Waals surface area contributed by atoms with E-state index in [0.717, 1.165) is 16.4 Å². The lowest BCUT2D eigenvalue weighted by Crippen LogP contribution is -2.21. The SMILES string of the molecule is COc1cc2c(cc1NC(=O)C/C(C)=N\NC(=O)c1cccs1)oc1ccccc12. The minimum Gasteiger partial charge on any atom is -0.495 e. The number of carbonyl (C=O) groups is 2. The number of methoxy groups -OCH3 is 1. The molecule has 7 nitrogen and oxygen atoms in total. The first-order valence-electron chi connectivity index (χ1n) is 9.21. The van der Waals surface area contributed by atoms with Gasteiger partial charge in [0.05, 0.1) is 24.1 Å². The fourth-order valence-corrected chi connectivity index (χ4v) is 3.71. The van der Waals surface area contributed by atoms with Gasteiger partial charge >= 0.3 is 0 Å². The highest BCUT2D eigenvalue weighted by Crippen LogP contribution is 2.36. The summed E-state index contributed by atoms with van der Waals surface area (Å²) in [5.74, 6) is -0.0554. The number of hydrogen-bond donors (Lipinski definition) is 2. The highest BCUT2D eigenvalue weighted by atomic mass is 32.1. The number of carbonyl (C=O) groups excluding carboxylic acids is 2. The van der Waals surface area contributed by atoms with Gasteiger partial charge in [-0.25, -0.2) is 5.43 Å². The summed E-state index contributed by atoms with van der Waals surface area (Å²) in [6.45, 7) is 1.67. The van der Waals surface area contributed by atoms with Gasteiger partial charge in [0.25, 0.3) is 5.91 Å². The van der Waals surface area contributed by atoms with E-state index in [1.165, 1.54) is 11.3 Å². The number of furan rings is 1. The molecular formula is C22H19N3O4S. The van der Waals surface area contributed by atoms with Gasteiger partial charge in [0, 0.05) is 22.6 Å². The summed E-state index contributed by atoms with van der Waals surface area (Å²) in [6.07, 6.45) is 0.0199. The van der Waals surface area contributed by atoms with E-state index in [1.807, 2.05) is 35.7 Å². The Balaban J connectivity index is 1.48. The van der Waals surface area contributed by atoms with Crippen LogP contribution in [-0.4, -0.2) is 24.6 Å². The number of amides is 2. The molecule has 4 aromatic rings. The molecule has 0 saturated heterocycles. The number of hydrogen-bond acceptors (Lipinski definition) is 6. The zero-order valence-electron chi connectivity index (χ0n) is 16.4. The third-order valence-electron chi connectivity index (χ3n) is 4.48. The van der Waals surface area contributed by atoms with Crippen molar-refractivity contribution in [2.45, 2.75) is 13.3 Å². The smallest absolute Gasteiger partial charge is 0.281 e. The molecule has 2 amide bonds. The predicted octanol–water partition coefficient (Wildman–Crippen LogP) is 4.79. The Labute approximate surface area is 176 Å². The number of nitrogens with one attached hydrogen (secondary N) is 2. The highest BCUT2D eigenvalue weighted by Gasteiger charge is 2.15. The first kappa shape index (κ1) is 19.7. The third kappa shape index (κ3) is 4.04. The molecule has 0 aliphatic carbocycles. The predicted molar refractivity (Wildman–Crippen MR) is 118 cm³/mol. The largest absolute Gasteiger partial charge is 0.495 e. The number of para-hydroxylation sites is 1. The third-order valence-corrected chi connectivity index (χ3v) is 5.35. The Kier molecular flexibility index (Phi) is 5.49. The van der Waals surface area contributed by atoms with Crippen molar-refractivity contribution in [2.24, 2.45) is 5.10 Å². The zero-order valence-corrected chi connectivity index (χ0v) is 17.2. The Bertz CT molecular complexity index is 1260. The number of fused-ring (bicyclic) bond motifs is 3. The van der Waals surface area contributed by atoms with Crippen LogP contribution in [0.4, 0.5) is 5.69 Å². The fraction of sp³-hybridized carbons (Fsp3) is 0.136. The minimum absolute atomic E-state index is 0.0199. The standard InChI is InChI=1S/C22H19N3O4S/c1-13(24-25-22(27)20-8-5-9-30-20)10-21(26)23-16-12-18-15(11-19(16)28-2)14-6-3-4-7-17(14)29-18/h3-9,11-12H,10H2,1-2H3,(H,23,26)(H,25,27)/b24-13-. The van der Waals surface area contributed by atoms with Crippen LogP contribution in [0.5, 0.6) is 5.75 Å². The Morgan fingerprint density at radius 2 is 1.93 bits per heavy atom. The molecule has 0 spiro atoms. The lowest BCUT2D eigenvalue weighted by Gasteiger charge is -2.10. The number of thiophene rings is 1. The van der Waals surface area contributed by atoms with E-state index in [2.05, 4.69) is 15.8 Å². The van der Waals surface area contributed by atoms with Crippen LogP contribution >= 0.6 is 11.3 Å². The van der Waals surface area contributed by atoms with Gasteiger partial charge in [0.1, 0.15) is 16.9 Å². The highest BCUT2D eigenvalue weighted by molar-refractivity contribution is 7.12. The average Bonchev–Trinajstić information content (AvgIpc) is 3.39. The Hall–Kier alpha value is -3.65. The van der Waals surface area contributed by atoms with E-state index >= 15 is 0 Å². The number of nitrogens with zero attached hydrogens (tertiary/aromatic N) is 1. The van der Waals surface area contributed by atoms with E-state index < -0.39 is 0 Å². The number of hydrazone groups is 1. The van der Waals surface area contributed by atoms with E-state index in [-0.39, 0.29) is 18.2 Å². The van der Waals surface area contributed by atoms with Crippen LogP contribution in [0, 0.1) is 0 Å². The van der Waals surface area contributed by atoms with Gasteiger partial charge in [0.2, 0.25) is 5.91 Å². The molecule has 0 radical (unpaired) electrons. The molecule has 152 valence electrons. The van der Waals surface area contributed by atoms with Gasteiger partial charge in [-0.3, -0.25) is 9.59 Å². The second-order valence-electron chi connectivity index (χ2n) is 6.64. The maximum atomic E-state index is 12.5. The molecule has 0 unspecified atom stereocenters. The fourth-order valence-electron chi connectivity index (χ4n) is 3.09. The van der Waals surface area contributed by atoms with Crippen molar-refractivity contribution in [3.05, 3.63) is 58.8 Å². The minimum atomic E-state index is -0.304. The molecule has 0 aliphatic heterocycles. The maximum Gasteiger partial charge on any atom is 0.281 e. The normalized spacial score (nSPS) is 11.6. The summed E-state index contributed by atoms with van der Waals surface area (Å²) in [5, 5.41) is 10.5. The lowest BCUT2D eigenvalue weighted by molar-refractivity contribution is -0.115. The summed E-state index contributed by atoms with van der Waals surface area (Å²) < 4.78 is 11.3. The first-order chi connectivity index (χ1) is 14.5. The second-order valence-corrected chi connectivity index (χ2v) is 7.58. The van der Waals surface area contributed by atoms with E-state index in [1.54, 1.807) is 32.2 Å². The average molecular weight is 421 g/mol. The molecule has 0 saturated carbocycles. The van der Waals surface area contributed by atoms with Gasteiger partial charge in [-0.1, -0.05) is 24.3 Å². The van der Waals surface area contributed by atoms with Crippen LogP contribution in [0.3, 0.4) is 0 Å². The van der Waals surface area contributed by atoms with Crippen molar-refractivity contribution in [2.75, 3.05) is 12.4 Å². The molecule has 0 fully saturated rings. The number of benzene rings is 2. The van der Waals surface area contributed by atoms with Gasteiger partial charge in [-0.05, 0) is 30.5 Å². The monoisotopic (exact) mass is 421 g/mol. The summed E-state index contributed by atoms with van der Waals surface area (Å²) >= 11 is 1.32. The Morgan fingerprint density at radius 1 is 1.10 bits per heavy atom. The first-order valence-corrected chi connectivity index (χ1v) is 10.1. The molecule has 30 heavy (non-hydrogen) atoms. The topological polar surface area (TPSA) is 92.9 Å². The van der Waals surface area contributed by atoms with Crippen LogP contribution in [0.25, 0.3) is 21.9 Å². The molecule has 2 aromatic heterocycles. The molecule has 0 bridgehead atoms. The molecule has 4 rings (SSSR count). The van der Waals surface area contributed by atoms with Gasteiger partial charge < -0.3 is 14.5 Å². The molecule has 8 heteroatoms. The van der Waals surface area contributed by atoms with Gasteiger partial charge in [0.15, 0.2) is 0 Å².